The van der Waals surface area contributed by atoms with Gasteiger partial charge in [0.2, 0.25) is 11.8 Å². The normalized spacial score (nSPS) is 29.4. The summed E-state index contributed by atoms with van der Waals surface area (Å²) in [6, 6.07) is 9.45. The highest BCUT2D eigenvalue weighted by Gasteiger charge is 2.51. The number of hydrogen-bond donors (Lipinski definition) is 1. The molecular weight excluding hydrogens is 254 g/mol. The van der Waals surface area contributed by atoms with Crippen molar-refractivity contribution in [1.29, 1.82) is 0 Å². The number of rotatable bonds is 2. The van der Waals surface area contributed by atoms with Crippen molar-refractivity contribution in [1.82, 2.24) is 4.90 Å². The van der Waals surface area contributed by atoms with Gasteiger partial charge >= 0.3 is 0 Å². The number of likely N-dealkylation sites (tertiary alicyclic amines) is 1. The predicted molar refractivity (Wildman–Crippen MR) is 73.4 cm³/mol. The van der Waals surface area contributed by atoms with E-state index < -0.39 is 17.9 Å². The lowest BCUT2D eigenvalue weighted by molar-refractivity contribution is -0.141. The van der Waals surface area contributed by atoms with E-state index in [4.69, 9.17) is 0 Å². The molecule has 0 radical (unpaired) electrons. The smallest absolute Gasteiger partial charge is 0.236 e. The summed E-state index contributed by atoms with van der Waals surface area (Å²) >= 11 is 0. The second-order valence-corrected chi connectivity index (χ2v) is 5.59. The van der Waals surface area contributed by atoms with Gasteiger partial charge in [0.25, 0.3) is 0 Å². The van der Waals surface area contributed by atoms with Crippen molar-refractivity contribution in [3.8, 4) is 0 Å². The average molecular weight is 271 g/mol. The molecular formula is C16H17NO3. The van der Waals surface area contributed by atoms with Crippen molar-refractivity contribution in [2.45, 2.75) is 26.0 Å². The van der Waals surface area contributed by atoms with Crippen LogP contribution in [0.1, 0.15) is 18.9 Å². The zero-order chi connectivity index (χ0) is 14.3. The second-order valence-electron chi connectivity index (χ2n) is 5.59. The Hall–Kier alpha value is -1.94. The molecule has 4 nitrogen and oxygen atoms in total. The fraction of sp³-hybridized carbons (Fsp3) is 0.375. The first-order valence-corrected chi connectivity index (χ1v) is 6.82. The molecule has 0 spiro atoms. The van der Waals surface area contributed by atoms with Crippen LogP contribution in [0.15, 0.2) is 42.0 Å². The van der Waals surface area contributed by atoms with Crippen molar-refractivity contribution >= 4 is 11.8 Å². The second kappa shape index (κ2) is 4.87. The molecule has 1 heterocycles. The quantitative estimate of drug-likeness (QED) is 0.655. The Morgan fingerprint density at radius 1 is 1.20 bits per heavy atom. The molecule has 4 heteroatoms. The lowest BCUT2D eigenvalue weighted by atomic mass is 9.80. The fourth-order valence-electron chi connectivity index (χ4n) is 3.14. The van der Waals surface area contributed by atoms with E-state index in [-0.39, 0.29) is 18.4 Å². The Morgan fingerprint density at radius 2 is 1.90 bits per heavy atom. The van der Waals surface area contributed by atoms with Gasteiger partial charge in [-0.05, 0) is 18.9 Å². The van der Waals surface area contributed by atoms with Crippen molar-refractivity contribution in [3.63, 3.8) is 0 Å². The van der Waals surface area contributed by atoms with Crippen molar-refractivity contribution < 1.29 is 14.7 Å². The van der Waals surface area contributed by atoms with Crippen LogP contribution in [0, 0.1) is 11.8 Å². The highest BCUT2D eigenvalue weighted by molar-refractivity contribution is 6.05. The molecule has 20 heavy (non-hydrogen) atoms. The highest BCUT2D eigenvalue weighted by Crippen LogP contribution is 2.38. The van der Waals surface area contributed by atoms with E-state index in [2.05, 4.69) is 0 Å². The molecule has 0 saturated carbocycles. The van der Waals surface area contributed by atoms with Crippen LogP contribution in [0.25, 0.3) is 0 Å². The third-order valence-electron chi connectivity index (χ3n) is 4.12. The van der Waals surface area contributed by atoms with Gasteiger partial charge in [0.05, 0.1) is 24.5 Å². The van der Waals surface area contributed by atoms with Gasteiger partial charge in [-0.25, -0.2) is 0 Å². The molecule has 104 valence electrons. The lowest BCUT2D eigenvalue weighted by Gasteiger charge is -2.24. The number of aliphatic hydroxyl groups is 1. The Balaban J connectivity index is 1.86. The van der Waals surface area contributed by atoms with Crippen LogP contribution in [0.3, 0.4) is 0 Å². The summed E-state index contributed by atoms with van der Waals surface area (Å²) < 4.78 is 0. The van der Waals surface area contributed by atoms with Gasteiger partial charge in [0.1, 0.15) is 0 Å². The van der Waals surface area contributed by atoms with E-state index in [1.54, 1.807) is 6.08 Å². The number of allylic oxidation sites excluding steroid dienone is 1. The zero-order valence-corrected chi connectivity index (χ0v) is 11.3. The van der Waals surface area contributed by atoms with Crippen LogP contribution in [-0.4, -0.2) is 27.9 Å². The average Bonchev–Trinajstić information content (AvgIpc) is 2.65. The number of nitrogens with zero attached hydrogens (tertiary/aromatic N) is 1. The minimum absolute atomic E-state index is 0.157. The first-order chi connectivity index (χ1) is 9.58. The maximum absolute atomic E-state index is 12.4. The molecule has 0 aromatic heterocycles. The molecule has 1 aliphatic carbocycles. The Kier molecular flexibility index (Phi) is 3.18. The van der Waals surface area contributed by atoms with E-state index >= 15 is 0 Å². The Morgan fingerprint density at radius 3 is 2.60 bits per heavy atom. The van der Waals surface area contributed by atoms with Gasteiger partial charge in [-0.1, -0.05) is 42.0 Å². The third-order valence-corrected chi connectivity index (χ3v) is 4.12. The van der Waals surface area contributed by atoms with Gasteiger partial charge in [-0.15, -0.1) is 0 Å². The van der Waals surface area contributed by atoms with Gasteiger partial charge in [0, 0.05) is 0 Å². The summed E-state index contributed by atoms with van der Waals surface area (Å²) in [4.78, 5) is 26.1. The number of fused-ring (bicyclic) bond motifs is 1. The van der Waals surface area contributed by atoms with Crippen LogP contribution in [0.2, 0.25) is 0 Å². The van der Waals surface area contributed by atoms with Crippen molar-refractivity contribution in [2.75, 3.05) is 0 Å². The molecule has 1 aliphatic heterocycles. The number of aliphatic hydroxyl groups excluding tert-OH is 1. The lowest BCUT2D eigenvalue weighted by Crippen LogP contribution is -2.34. The van der Waals surface area contributed by atoms with Crippen molar-refractivity contribution in [2.24, 2.45) is 11.8 Å². The number of carbonyl (C=O) groups is 2. The van der Waals surface area contributed by atoms with Gasteiger partial charge in [0.15, 0.2) is 0 Å². The number of hydrogen-bond acceptors (Lipinski definition) is 3. The van der Waals surface area contributed by atoms with Crippen LogP contribution in [0.4, 0.5) is 0 Å². The standard InChI is InChI=1S/C16H17NO3/c1-10-7-12-14(13(18)8-10)16(20)17(15(12)19)9-11-5-3-2-4-6-11/h2-6,8,12-14,18H,7,9H2,1H3/t12-,13+,14-/m0/s1. The van der Waals surface area contributed by atoms with E-state index in [1.807, 2.05) is 37.3 Å². The summed E-state index contributed by atoms with van der Waals surface area (Å²) in [5.41, 5.74) is 1.90. The first kappa shape index (κ1) is 13.1. The van der Waals surface area contributed by atoms with E-state index in [9.17, 15) is 14.7 Å². The largest absolute Gasteiger partial charge is 0.388 e. The summed E-state index contributed by atoms with van der Waals surface area (Å²) in [7, 11) is 0. The van der Waals surface area contributed by atoms with E-state index in [0.29, 0.717) is 6.42 Å². The summed E-state index contributed by atoms with van der Waals surface area (Å²) in [6.45, 7) is 2.17. The monoisotopic (exact) mass is 271 g/mol. The molecule has 1 aromatic carbocycles. The molecule has 0 unspecified atom stereocenters. The highest BCUT2D eigenvalue weighted by atomic mass is 16.3. The predicted octanol–water partition coefficient (Wildman–Crippen LogP) is 1.50. The number of benzene rings is 1. The van der Waals surface area contributed by atoms with Crippen LogP contribution < -0.4 is 0 Å². The molecule has 2 aliphatic rings. The summed E-state index contributed by atoms with van der Waals surface area (Å²) in [5.74, 6) is -1.41. The topological polar surface area (TPSA) is 57.6 Å². The fourth-order valence-corrected chi connectivity index (χ4v) is 3.14. The van der Waals surface area contributed by atoms with Gasteiger partial charge in [-0.2, -0.15) is 0 Å². The first-order valence-electron chi connectivity index (χ1n) is 6.82. The SMILES string of the molecule is CC1=C[C@@H](O)[C@H]2C(=O)N(Cc3ccccc3)C(=O)[C@H]2C1. The zero-order valence-electron chi connectivity index (χ0n) is 11.3. The van der Waals surface area contributed by atoms with Crippen molar-refractivity contribution in [3.05, 3.63) is 47.5 Å². The molecule has 3 rings (SSSR count). The molecule has 1 aromatic rings. The van der Waals surface area contributed by atoms with Gasteiger partial charge < -0.3 is 5.11 Å². The van der Waals surface area contributed by atoms with E-state index in [0.717, 1.165) is 11.1 Å². The Bertz CT molecular complexity index is 579. The minimum Gasteiger partial charge on any atom is -0.388 e. The Labute approximate surface area is 117 Å². The number of amides is 2. The molecule has 2 amide bonds. The molecule has 0 bridgehead atoms. The van der Waals surface area contributed by atoms with Crippen LogP contribution in [-0.2, 0) is 16.1 Å². The van der Waals surface area contributed by atoms with Crippen LogP contribution >= 0.6 is 0 Å². The van der Waals surface area contributed by atoms with Gasteiger partial charge in [-0.3, -0.25) is 14.5 Å². The maximum Gasteiger partial charge on any atom is 0.236 e. The third kappa shape index (κ3) is 2.06. The minimum atomic E-state index is -0.842. The summed E-state index contributed by atoms with van der Waals surface area (Å²) in [6.07, 6.45) is 1.42. The number of carbonyl (C=O) groups excluding carboxylic acids is 2. The molecule has 1 fully saturated rings. The summed E-state index contributed by atoms with van der Waals surface area (Å²) in [5, 5.41) is 10.0. The van der Waals surface area contributed by atoms with E-state index in [1.165, 1.54) is 4.90 Å². The molecule has 1 N–H and O–H groups in total. The maximum atomic E-state index is 12.4. The number of imide groups is 1. The van der Waals surface area contributed by atoms with Crippen LogP contribution in [0.5, 0.6) is 0 Å². The molecule has 3 atom stereocenters. The molecule has 1 saturated heterocycles.